The van der Waals surface area contributed by atoms with Crippen LogP contribution in [-0.4, -0.2) is 16.5 Å². The van der Waals surface area contributed by atoms with Gasteiger partial charge >= 0.3 is 0 Å². The van der Waals surface area contributed by atoms with Crippen LogP contribution in [0.5, 0.6) is 0 Å². The van der Waals surface area contributed by atoms with Crippen LogP contribution in [0.1, 0.15) is 58.7 Å². The summed E-state index contributed by atoms with van der Waals surface area (Å²) in [6.07, 6.45) is 7.25. The Balaban J connectivity index is 2.06. The van der Waals surface area contributed by atoms with Crippen molar-refractivity contribution in [3.63, 3.8) is 0 Å². The molecule has 0 bridgehead atoms. The molecule has 1 aliphatic rings. The van der Waals surface area contributed by atoms with Gasteiger partial charge < -0.3 is 10.3 Å². The number of H-pyrrole nitrogens is 1. The molecule has 112 valence electrons. The predicted octanol–water partition coefficient (Wildman–Crippen LogP) is 3.35. The molecule has 0 spiro atoms. The zero-order valence-electron chi connectivity index (χ0n) is 13.0. The fraction of sp³-hybridized carbons (Fsp3) is 0.750. The van der Waals surface area contributed by atoms with E-state index < -0.39 is 0 Å². The highest BCUT2D eigenvalue weighted by Gasteiger charge is 2.34. The number of anilines is 1. The molecule has 0 saturated heterocycles. The predicted molar refractivity (Wildman–Crippen MR) is 83.1 cm³/mol. The van der Waals surface area contributed by atoms with Gasteiger partial charge in [-0.05, 0) is 30.6 Å². The standard InChI is InChI=1S/C16H27N3O/c1-4-13-18-14(9-15(20)19-13)17-11-16(10-12(2)3)7-5-6-8-16/h9,12H,4-8,10-11H2,1-3H3,(H2,17,18,19,20). The molecule has 0 aliphatic heterocycles. The largest absolute Gasteiger partial charge is 0.369 e. The second-order valence-electron chi connectivity index (χ2n) is 6.59. The molecule has 4 nitrogen and oxygen atoms in total. The molecule has 0 radical (unpaired) electrons. The normalized spacial score (nSPS) is 17.6. The van der Waals surface area contributed by atoms with Crippen molar-refractivity contribution in [3.05, 3.63) is 22.2 Å². The van der Waals surface area contributed by atoms with Crippen LogP contribution in [0.4, 0.5) is 5.82 Å². The number of rotatable bonds is 6. The number of nitrogens with one attached hydrogen (secondary N) is 2. The van der Waals surface area contributed by atoms with Gasteiger partial charge in [-0.3, -0.25) is 4.79 Å². The van der Waals surface area contributed by atoms with E-state index >= 15 is 0 Å². The van der Waals surface area contributed by atoms with E-state index in [1.54, 1.807) is 6.07 Å². The van der Waals surface area contributed by atoms with E-state index in [0.717, 1.165) is 24.6 Å². The Labute approximate surface area is 121 Å². The Morgan fingerprint density at radius 1 is 1.40 bits per heavy atom. The molecule has 1 fully saturated rings. The maximum atomic E-state index is 11.6. The summed E-state index contributed by atoms with van der Waals surface area (Å²) < 4.78 is 0. The number of aromatic amines is 1. The maximum Gasteiger partial charge on any atom is 0.252 e. The van der Waals surface area contributed by atoms with Gasteiger partial charge in [0, 0.05) is 19.0 Å². The van der Waals surface area contributed by atoms with Crippen LogP contribution in [0.3, 0.4) is 0 Å². The van der Waals surface area contributed by atoms with Crippen LogP contribution in [-0.2, 0) is 6.42 Å². The van der Waals surface area contributed by atoms with E-state index in [9.17, 15) is 4.79 Å². The van der Waals surface area contributed by atoms with Crippen LogP contribution in [0.2, 0.25) is 0 Å². The van der Waals surface area contributed by atoms with Crippen molar-refractivity contribution in [1.82, 2.24) is 9.97 Å². The van der Waals surface area contributed by atoms with E-state index in [1.807, 2.05) is 6.92 Å². The molecule has 4 heteroatoms. The summed E-state index contributed by atoms with van der Waals surface area (Å²) >= 11 is 0. The lowest BCUT2D eigenvalue weighted by molar-refractivity contribution is 0.252. The molecule has 0 aromatic carbocycles. The zero-order chi connectivity index (χ0) is 14.6. The third kappa shape index (κ3) is 3.84. The molecule has 1 aromatic heterocycles. The summed E-state index contributed by atoms with van der Waals surface area (Å²) in [6.45, 7) is 7.52. The molecular weight excluding hydrogens is 250 g/mol. The van der Waals surface area contributed by atoms with E-state index in [2.05, 4.69) is 29.1 Å². The lowest BCUT2D eigenvalue weighted by atomic mass is 9.78. The van der Waals surface area contributed by atoms with E-state index in [0.29, 0.717) is 11.3 Å². The third-order valence-electron chi connectivity index (χ3n) is 4.28. The van der Waals surface area contributed by atoms with E-state index in [4.69, 9.17) is 0 Å². The highest BCUT2D eigenvalue weighted by atomic mass is 16.1. The van der Waals surface area contributed by atoms with Gasteiger partial charge in [-0.15, -0.1) is 0 Å². The van der Waals surface area contributed by atoms with Gasteiger partial charge in [-0.25, -0.2) is 4.98 Å². The maximum absolute atomic E-state index is 11.6. The Morgan fingerprint density at radius 2 is 2.10 bits per heavy atom. The minimum atomic E-state index is -0.0660. The summed E-state index contributed by atoms with van der Waals surface area (Å²) in [4.78, 5) is 18.8. The van der Waals surface area contributed by atoms with Gasteiger partial charge in [-0.2, -0.15) is 0 Å². The first-order valence-corrected chi connectivity index (χ1v) is 7.87. The van der Waals surface area contributed by atoms with Gasteiger partial charge in [0.1, 0.15) is 11.6 Å². The quantitative estimate of drug-likeness (QED) is 0.838. The van der Waals surface area contributed by atoms with E-state index in [-0.39, 0.29) is 5.56 Å². The molecule has 2 N–H and O–H groups in total. The average Bonchev–Trinajstić information content (AvgIpc) is 2.84. The molecule has 0 unspecified atom stereocenters. The Morgan fingerprint density at radius 3 is 2.70 bits per heavy atom. The second kappa shape index (κ2) is 6.42. The summed E-state index contributed by atoms with van der Waals surface area (Å²) in [5.41, 5.74) is 0.328. The van der Waals surface area contributed by atoms with Crippen molar-refractivity contribution in [2.45, 2.75) is 59.3 Å². The minimum Gasteiger partial charge on any atom is -0.369 e. The van der Waals surface area contributed by atoms with Crippen LogP contribution in [0.25, 0.3) is 0 Å². The summed E-state index contributed by atoms with van der Waals surface area (Å²) in [5.74, 6) is 2.19. The molecule has 20 heavy (non-hydrogen) atoms. The minimum absolute atomic E-state index is 0.0660. The number of hydrogen-bond donors (Lipinski definition) is 2. The van der Waals surface area contributed by atoms with Crippen molar-refractivity contribution >= 4 is 5.82 Å². The third-order valence-corrected chi connectivity index (χ3v) is 4.28. The summed E-state index contributed by atoms with van der Waals surface area (Å²) in [5, 5.41) is 3.42. The topological polar surface area (TPSA) is 57.8 Å². The van der Waals surface area contributed by atoms with Crippen molar-refractivity contribution in [2.75, 3.05) is 11.9 Å². The fourth-order valence-electron chi connectivity index (χ4n) is 3.49. The lowest BCUT2D eigenvalue weighted by Crippen LogP contribution is -2.29. The second-order valence-corrected chi connectivity index (χ2v) is 6.59. The molecule has 1 saturated carbocycles. The van der Waals surface area contributed by atoms with Crippen molar-refractivity contribution in [3.8, 4) is 0 Å². The molecule has 0 atom stereocenters. The summed E-state index contributed by atoms with van der Waals surface area (Å²) in [6, 6.07) is 1.57. The zero-order valence-corrected chi connectivity index (χ0v) is 13.0. The first-order valence-electron chi connectivity index (χ1n) is 7.87. The van der Waals surface area contributed by atoms with E-state index in [1.165, 1.54) is 32.1 Å². The van der Waals surface area contributed by atoms with Gasteiger partial charge in [0.05, 0.1) is 0 Å². The number of aromatic nitrogens is 2. The van der Waals surface area contributed by atoms with Crippen LogP contribution in [0, 0.1) is 11.3 Å². The van der Waals surface area contributed by atoms with Crippen molar-refractivity contribution in [1.29, 1.82) is 0 Å². The number of aryl methyl sites for hydroxylation is 1. The molecule has 1 aromatic rings. The Hall–Kier alpha value is -1.32. The van der Waals surface area contributed by atoms with Crippen LogP contribution < -0.4 is 10.9 Å². The van der Waals surface area contributed by atoms with Crippen molar-refractivity contribution < 1.29 is 0 Å². The Kier molecular flexibility index (Phi) is 4.84. The highest BCUT2D eigenvalue weighted by Crippen LogP contribution is 2.43. The Bertz CT molecular complexity index is 487. The molecule has 1 aliphatic carbocycles. The smallest absolute Gasteiger partial charge is 0.252 e. The highest BCUT2D eigenvalue weighted by molar-refractivity contribution is 5.33. The van der Waals surface area contributed by atoms with Gasteiger partial charge in [-0.1, -0.05) is 33.6 Å². The first-order chi connectivity index (χ1) is 9.53. The average molecular weight is 277 g/mol. The SMILES string of the molecule is CCc1nc(NCC2(CC(C)C)CCCC2)cc(=O)[nH]1. The van der Waals surface area contributed by atoms with Crippen LogP contribution >= 0.6 is 0 Å². The lowest BCUT2D eigenvalue weighted by Gasteiger charge is -2.31. The van der Waals surface area contributed by atoms with Gasteiger partial charge in [0.15, 0.2) is 0 Å². The summed E-state index contributed by atoms with van der Waals surface area (Å²) in [7, 11) is 0. The molecular formula is C16H27N3O. The first kappa shape index (κ1) is 15.1. The molecule has 1 heterocycles. The number of nitrogens with zero attached hydrogens (tertiary/aromatic N) is 1. The molecule has 2 rings (SSSR count). The van der Waals surface area contributed by atoms with Crippen LogP contribution in [0.15, 0.2) is 10.9 Å². The molecule has 0 amide bonds. The monoisotopic (exact) mass is 277 g/mol. The van der Waals surface area contributed by atoms with Gasteiger partial charge in [0.25, 0.3) is 5.56 Å². The number of hydrogen-bond acceptors (Lipinski definition) is 3. The van der Waals surface area contributed by atoms with Crippen molar-refractivity contribution in [2.24, 2.45) is 11.3 Å². The fourth-order valence-corrected chi connectivity index (χ4v) is 3.49. The van der Waals surface area contributed by atoms with Gasteiger partial charge in [0.2, 0.25) is 0 Å².